The van der Waals surface area contributed by atoms with Crippen molar-refractivity contribution in [3.8, 4) is 5.75 Å². The SMILES string of the molecule is COc1ccc(C)cc1NC(=O)c1ccc2c(c1)[C@@H]1[C@H]3CC[C@@H](C3)[C@@H]1[C@H](c1ccccc1)N2. The summed E-state index contributed by atoms with van der Waals surface area (Å²) in [6.07, 6.45) is 3.96. The van der Waals surface area contributed by atoms with Gasteiger partial charge in [0.25, 0.3) is 5.91 Å². The van der Waals surface area contributed by atoms with Gasteiger partial charge in [0.1, 0.15) is 5.75 Å². The summed E-state index contributed by atoms with van der Waals surface area (Å²) in [6, 6.07) is 23.2. The van der Waals surface area contributed by atoms with Crippen molar-refractivity contribution in [3.63, 3.8) is 0 Å². The molecule has 0 spiro atoms. The maximum atomic E-state index is 13.2. The van der Waals surface area contributed by atoms with E-state index in [1.807, 2.05) is 31.2 Å². The van der Waals surface area contributed by atoms with Crippen LogP contribution < -0.4 is 15.4 Å². The van der Waals surface area contributed by atoms with Gasteiger partial charge in [-0.05, 0) is 96.9 Å². The van der Waals surface area contributed by atoms with Gasteiger partial charge in [-0.25, -0.2) is 0 Å². The average molecular weight is 439 g/mol. The van der Waals surface area contributed by atoms with Crippen molar-refractivity contribution in [1.82, 2.24) is 0 Å². The standard InChI is InChI=1S/C29H30N2O2/c1-17-8-13-25(33-2)24(14-17)31-29(32)21-11-12-23-22(16-21)26-19-9-10-20(15-19)27(26)28(30-23)18-6-4-3-5-7-18/h3-8,11-14,16,19-20,26-28,30H,9-10,15H2,1-2H3,(H,31,32)/t19-,20-,26-,27-,28-/m0/s1. The number of rotatable bonds is 4. The molecule has 4 nitrogen and oxygen atoms in total. The van der Waals surface area contributed by atoms with E-state index in [2.05, 4.69) is 53.1 Å². The molecule has 168 valence electrons. The maximum absolute atomic E-state index is 13.2. The summed E-state index contributed by atoms with van der Waals surface area (Å²) >= 11 is 0. The third-order valence-corrected chi connectivity index (χ3v) is 8.11. The number of carbonyl (C=O) groups is 1. The number of benzene rings is 3. The first-order valence-electron chi connectivity index (χ1n) is 12.0. The Labute approximate surface area is 195 Å². The van der Waals surface area contributed by atoms with Crippen molar-refractivity contribution >= 4 is 17.3 Å². The van der Waals surface area contributed by atoms with E-state index in [-0.39, 0.29) is 5.91 Å². The minimum absolute atomic E-state index is 0.0911. The zero-order chi connectivity index (χ0) is 22.5. The second kappa shape index (κ2) is 7.95. The Balaban J connectivity index is 1.34. The lowest BCUT2D eigenvalue weighted by Crippen LogP contribution is -2.35. The van der Waals surface area contributed by atoms with Crippen molar-refractivity contribution in [2.45, 2.75) is 38.1 Å². The smallest absolute Gasteiger partial charge is 0.255 e. The number of carbonyl (C=O) groups excluding carboxylic acids is 1. The zero-order valence-electron chi connectivity index (χ0n) is 19.2. The molecule has 0 aromatic heterocycles. The highest BCUT2D eigenvalue weighted by Crippen LogP contribution is 2.63. The third kappa shape index (κ3) is 3.40. The van der Waals surface area contributed by atoms with Crippen LogP contribution in [0.5, 0.6) is 5.75 Å². The van der Waals surface area contributed by atoms with Crippen LogP contribution in [0, 0.1) is 24.7 Å². The predicted molar refractivity (Wildman–Crippen MR) is 132 cm³/mol. The van der Waals surface area contributed by atoms with Crippen LogP contribution in [0.3, 0.4) is 0 Å². The lowest BCUT2D eigenvalue weighted by atomic mass is 9.68. The van der Waals surface area contributed by atoms with Gasteiger partial charge in [-0.1, -0.05) is 36.4 Å². The van der Waals surface area contributed by atoms with Gasteiger partial charge in [-0.2, -0.15) is 0 Å². The fourth-order valence-electron chi connectivity index (χ4n) is 6.73. The van der Waals surface area contributed by atoms with Crippen LogP contribution in [-0.2, 0) is 0 Å². The Morgan fingerprint density at radius 1 is 1.00 bits per heavy atom. The molecule has 0 saturated heterocycles. The van der Waals surface area contributed by atoms with E-state index in [1.165, 1.54) is 36.1 Å². The van der Waals surface area contributed by atoms with E-state index >= 15 is 0 Å². The molecular formula is C29H30N2O2. The lowest BCUT2D eigenvalue weighted by Gasteiger charge is -2.43. The van der Waals surface area contributed by atoms with Gasteiger partial charge >= 0.3 is 0 Å². The highest BCUT2D eigenvalue weighted by molar-refractivity contribution is 6.05. The van der Waals surface area contributed by atoms with Crippen molar-refractivity contribution in [1.29, 1.82) is 0 Å². The first-order valence-corrected chi connectivity index (χ1v) is 12.0. The predicted octanol–water partition coefficient (Wildman–Crippen LogP) is 6.55. The number of aryl methyl sites for hydroxylation is 1. The molecule has 3 aromatic carbocycles. The molecule has 2 saturated carbocycles. The monoisotopic (exact) mass is 438 g/mol. The molecule has 2 N–H and O–H groups in total. The summed E-state index contributed by atoms with van der Waals surface area (Å²) in [4.78, 5) is 13.2. The number of fused-ring (bicyclic) bond motifs is 7. The molecule has 4 heteroatoms. The van der Waals surface area contributed by atoms with Gasteiger partial charge in [0.2, 0.25) is 0 Å². The number of hydrogen-bond acceptors (Lipinski definition) is 3. The Hall–Kier alpha value is -3.27. The Morgan fingerprint density at radius 3 is 2.64 bits per heavy atom. The van der Waals surface area contributed by atoms with Crippen LogP contribution in [0.2, 0.25) is 0 Å². The largest absolute Gasteiger partial charge is 0.495 e. The summed E-state index contributed by atoms with van der Waals surface area (Å²) in [5.41, 5.74) is 6.38. The Kier molecular flexibility index (Phi) is 4.90. The molecule has 5 atom stereocenters. The highest BCUT2D eigenvalue weighted by atomic mass is 16.5. The fraction of sp³-hybridized carbons (Fsp3) is 0.345. The lowest BCUT2D eigenvalue weighted by molar-refractivity contribution is 0.102. The number of anilines is 2. The molecule has 6 rings (SSSR count). The van der Waals surface area contributed by atoms with E-state index in [4.69, 9.17) is 4.74 Å². The summed E-state index contributed by atoms with van der Waals surface area (Å²) < 4.78 is 5.45. The highest BCUT2D eigenvalue weighted by Gasteiger charge is 2.53. The summed E-state index contributed by atoms with van der Waals surface area (Å²) in [5.74, 6) is 3.18. The molecule has 1 aliphatic heterocycles. The van der Waals surface area contributed by atoms with Crippen LogP contribution in [0.4, 0.5) is 11.4 Å². The molecular weight excluding hydrogens is 408 g/mol. The van der Waals surface area contributed by atoms with Crippen molar-refractivity contribution < 1.29 is 9.53 Å². The normalized spacial score (nSPS) is 26.8. The Bertz CT molecular complexity index is 1210. The second-order valence-corrected chi connectivity index (χ2v) is 9.93. The molecule has 3 aliphatic rings. The van der Waals surface area contributed by atoms with Crippen molar-refractivity contribution in [2.75, 3.05) is 17.7 Å². The van der Waals surface area contributed by atoms with Crippen LogP contribution in [-0.4, -0.2) is 13.0 Å². The summed E-state index contributed by atoms with van der Waals surface area (Å²) in [5, 5.41) is 6.93. The average Bonchev–Trinajstić information content (AvgIpc) is 3.47. The van der Waals surface area contributed by atoms with Gasteiger partial charge in [-0.15, -0.1) is 0 Å². The van der Waals surface area contributed by atoms with Crippen molar-refractivity contribution in [3.05, 3.63) is 89.0 Å². The van der Waals surface area contributed by atoms with Crippen molar-refractivity contribution in [2.24, 2.45) is 17.8 Å². The first kappa shape index (κ1) is 20.3. The van der Waals surface area contributed by atoms with Gasteiger partial charge in [0.15, 0.2) is 0 Å². The third-order valence-electron chi connectivity index (χ3n) is 8.11. The van der Waals surface area contributed by atoms with Gasteiger partial charge in [0, 0.05) is 11.3 Å². The molecule has 2 bridgehead atoms. The molecule has 2 fully saturated rings. The first-order chi connectivity index (χ1) is 16.1. The minimum Gasteiger partial charge on any atom is -0.495 e. The fourth-order valence-corrected chi connectivity index (χ4v) is 6.73. The molecule has 0 radical (unpaired) electrons. The van der Waals surface area contributed by atoms with E-state index in [1.54, 1.807) is 7.11 Å². The van der Waals surface area contributed by atoms with Crippen LogP contribution >= 0.6 is 0 Å². The zero-order valence-corrected chi connectivity index (χ0v) is 19.2. The maximum Gasteiger partial charge on any atom is 0.255 e. The van der Waals surface area contributed by atoms with Gasteiger partial charge < -0.3 is 15.4 Å². The van der Waals surface area contributed by atoms with Crippen LogP contribution in [0.25, 0.3) is 0 Å². The molecule has 1 heterocycles. The van der Waals surface area contributed by atoms with E-state index in [0.717, 1.165) is 17.4 Å². The number of hydrogen-bond donors (Lipinski definition) is 2. The van der Waals surface area contributed by atoms with Crippen LogP contribution in [0.15, 0.2) is 66.7 Å². The van der Waals surface area contributed by atoms with Crippen LogP contribution in [0.1, 0.15) is 58.3 Å². The van der Waals surface area contributed by atoms with Gasteiger partial charge in [0.05, 0.1) is 18.8 Å². The number of nitrogens with one attached hydrogen (secondary N) is 2. The molecule has 1 amide bonds. The number of methoxy groups -OCH3 is 1. The molecule has 2 aliphatic carbocycles. The van der Waals surface area contributed by atoms with E-state index in [0.29, 0.717) is 34.9 Å². The molecule has 0 unspecified atom stereocenters. The molecule has 3 aromatic rings. The second-order valence-electron chi connectivity index (χ2n) is 9.93. The number of amides is 1. The quantitative estimate of drug-likeness (QED) is 0.485. The molecule has 33 heavy (non-hydrogen) atoms. The Morgan fingerprint density at radius 2 is 1.82 bits per heavy atom. The summed E-state index contributed by atoms with van der Waals surface area (Å²) in [6.45, 7) is 2.01. The van der Waals surface area contributed by atoms with Gasteiger partial charge in [-0.3, -0.25) is 4.79 Å². The van der Waals surface area contributed by atoms with E-state index in [9.17, 15) is 4.79 Å². The number of ether oxygens (including phenoxy) is 1. The minimum atomic E-state index is -0.0911. The summed E-state index contributed by atoms with van der Waals surface area (Å²) in [7, 11) is 1.63. The van der Waals surface area contributed by atoms with E-state index < -0.39 is 0 Å². The topological polar surface area (TPSA) is 50.4 Å².